The smallest absolute Gasteiger partial charge is 0.271 e. The van der Waals surface area contributed by atoms with Crippen molar-refractivity contribution in [2.45, 2.75) is 24.9 Å². The number of rotatable bonds is 8. The summed E-state index contributed by atoms with van der Waals surface area (Å²) in [4.78, 5) is 22.7. The standard InChI is InChI=1S/C24H20ClF3N4O5S/c1-15-3-10-20(11-4-15)38(36,37)31(19-9-12-22(25)21(13-19)24(26,27)28)14-23(33)30-29-16(2)17-5-7-18(8-6-17)32(34)35/h3-13H,14H2,1-2H3,(H,30,33)/b29-16-. The number of nitro benzene ring substituents is 1. The van der Waals surface area contributed by atoms with Crippen molar-refractivity contribution in [3.63, 3.8) is 0 Å². The molecule has 0 saturated carbocycles. The molecule has 1 N–H and O–H groups in total. The number of benzene rings is 3. The van der Waals surface area contributed by atoms with Crippen LogP contribution in [0.2, 0.25) is 5.02 Å². The quantitative estimate of drug-likeness (QED) is 0.224. The molecule has 0 aliphatic rings. The predicted molar refractivity (Wildman–Crippen MR) is 136 cm³/mol. The predicted octanol–water partition coefficient (Wildman–Crippen LogP) is 5.31. The number of hydrogen-bond acceptors (Lipinski definition) is 6. The highest BCUT2D eigenvalue weighted by molar-refractivity contribution is 7.92. The molecule has 200 valence electrons. The van der Waals surface area contributed by atoms with E-state index in [1.165, 1.54) is 55.5 Å². The average Bonchev–Trinajstić information content (AvgIpc) is 2.85. The van der Waals surface area contributed by atoms with Crippen molar-refractivity contribution in [3.05, 3.63) is 98.6 Å². The first-order chi connectivity index (χ1) is 17.7. The minimum atomic E-state index is -4.87. The van der Waals surface area contributed by atoms with Gasteiger partial charge in [-0.25, -0.2) is 13.8 Å². The van der Waals surface area contributed by atoms with E-state index in [0.29, 0.717) is 15.9 Å². The number of nitrogens with one attached hydrogen (secondary N) is 1. The molecule has 3 aromatic carbocycles. The van der Waals surface area contributed by atoms with Gasteiger partial charge in [-0.05, 0) is 61.9 Å². The van der Waals surface area contributed by atoms with Crippen molar-refractivity contribution in [1.29, 1.82) is 0 Å². The van der Waals surface area contributed by atoms with E-state index < -0.39 is 49.8 Å². The molecule has 0 atom stereocenters. The largest absolute Gasteiger partial charge is 0.417 e. The van der Waals surface area contributed by atoms with Gasteiger partial charge < -0.3 is 0 Å². The number of carbonyl (C=O) groups is 1. The Labute approximate surface area is 220 Å². The Morgan fingerprint density at radius 2 is 1.68 bits per heavy atom. The molecule has 0 bridgehead atoms. The van der Waals surface area contributed by atoms with E-state index in [1.807, 2.05) is 0 Å². The first-order valence-electron chi connectivity index (χ1n) is 10.7. The molecule has 3 rings (SSSR count). The maximum absolute atomic E-state index is 13.5. The number of anilines is 1. The maximum Gasteiger partial charge on any atom is 0.417 e. The summed E-state index contributed by atoms with van der Waals surface area (Å²) in [5, 5.41) is 14.0. The molecule has 0 aliphatic carbocycles. The molecule has 9 nitrogen and oxygen atoms in total. The van der Waals surface area contributed by atoms with Crippen molar-refractivity contribution in [1.82, 2.24) is 5.43 Å². The maximum atomic E-state index is 13.5. The Morgan fingerprint density at radius 1 is 1.08 bits per heavy atom. The Bertz CT molecular complexity index is 1490. The number of alkyl halides is 3. The molecule has 0 heterocycles. The first-order valence-corrected chi connectivity index (χ1v) is 12.6. The molecule has 1 amide bonds. The lowest BCUT2D eigenvalue weighted by atomic mass is 10.1. The summed E-state index contributed by atoms with van der Waals surface area (Å²) in [6, 6.07) is 13.3. The Kier molecular flexibility index (Phi) is 8.42. The van der Waals surface area contributed by atoms with Gasteiger partial charge in [-0.2, -0.15) is 18.3 Å². The van der Waals surface area contributed by atoms with E-state index in [9.17, 15) is 36.5 Å². The molecule has 0 spiro atoms. The van der Waals surface area contributed by atoms with Gasteiger partial charge in [0.2, 0.25) is 0 Å². The van der Waals surface area contributed by atoms with Crippen molar-refractivity contribution < 1.29 is 31.3 Å². The minimum Gasteiger partial charge on any atom is -0.271 e. The number of sulfonamides is 1. The molecular weight excluding hydrogens is 549 g/mol. The van der Waals surface area contributed by atoms with Gasteiger partial charge in [0.05, 0.1) is 31.8 Å². The normalized spacial score (nSPS) is 12.2. The third-order valence-electron chi connectivity index (χ3n) is 5.28. The van der Waals surface area contributed by atoms with E-state index in [4.69, 9.17) is 11.6 Å². The molecule has 14 heteroatoms. The number of hydrazone groups is 1. The fourth-order valence-electron chi connectivity index (χ4n) is 3.24. The highest BCUT2D eigenvalue weighted by Crippen LogP contribution is 2.38. The van der Waals surface area contributed by atoms with Gasteiger partial charge >= 0.3 is 6.18 Å². The number of hydrogen-bond donors (Lipinski definition) is 1. The number of aryl methyl sites for hydroxylation is 1. The van der Waals surface area contributed by atoms with Gasteiger partial charge in [-0.3, -0.25) is 19.2 Å². The van der Waals surface area contributed by atoms with Gasteiger partial charge in [0.25, 0.3) is 21.6 Å². The third kappa shape index (κ3) is 6.66. The van der Waals surface area contributed by atoms with E-state index in [0.717, 1.165) is 17.7 Å². The average molecular weight is 569 g/mol. The molecular formula is C24H20ClF3N4O5S. The fraction of sp³-hybridized carbons (Fsp3) is 0.167. The van der Waals surface area contributed by atoms with Crippen LogP contribution in [-0.4, -0.2) is 31.5 Å². The molecule has 0 unspecified atom stereocenters. The van der Waals surface area contributed by atoms with Crippen molar-refractivity contribution in [2.24, 2.45) is 5.10 Å². The first kappa shape index (κ1) is 28.6. The van der Waals surface area contributed by atoms with Crippen LogP contribution in [0.1, 0.15) is 23.6 Å². The van der Waals surface area contributed by atoms with Crippen molar-refractivity contribution in [3.8, 4) is 0 Å². The zero-order valence-corrected chi connectivity index (χ0v) is 21.4. The highest BCUT2D eigenvalue weighted by atomic mass is 35.5. The van der Waals surface area contributed by atoms with Crippen LogP contribution in [-0.2, 0) is 21.0 Å². The number of nitro groups is 1. The second kappa shape index (κ2) is 11.2. The van der Waals surface area contributed by atoms with Crippen LogP contribution < -0.4 is 9.73 Å². The molecule has 0 fully saturated rings. The number of amides is 1. The number of carbonyl (C=O) groups excluding carboxylic acids is 1. The minimum absolute atomic E-state index is 0.149. The van der Waals surface area contributed by atoms with Gasteiger partial charge in [0, 0.05) is 12.1 Å². The highest BCUT2D eigenvalue weighted by Gasteiger charge is 2.35. The van der Waals surface area contributed by atoms with E-state index >= 15 is 0 Å². The van der Waals surface area contributed by atoms with Crippen LogP contribution in [0.15, 0.2) is 76.7 Å². The van der Waals surface area contributed by atoms with Crippen LogP contribution in [0.4, 0.5) is 24.5 Å². The van der Waals surface area contributed by atoms with E-state index in [2.05, 4.69) is 10.5 Å². The molecule has 0 saturated heterocycles. The van der Waals surface area contributed by atoms with Gasteiger partial charge in [-0.1, -0.05) is 29.3 Å². The van der Waals surface area contributed by atoms with Crippen molar-refractivity contribution in [2.75, 3.05) is 10.8 Å². The summed E-state index contributed by atoms with van der Waals surface area (Å²) in [7, 11) is -4.49. The Morgan fingerprint density at radius 3 is 2.24 bits per heavy atom. The second-order valence-corrected chi connectivity index (χ2v) is 10.3. The Balaban J connectivity index is 1.95. The lowest BCUT2D eigenvalue weighted by Crippen LogP contribution is -2.40. The molecule has 38 heavy (non-hydrogen) atoms. The molecule has 0 aliphatic heterocycles. The molecule has 0 radical (unpaired) electrons. The number of nitrogens with zero attached hydrogens (tertiary/aromatic N) is 3. The summed E-state index contributed by atoms with van der Waals surface area (Å²) >= 11 is 5.69. The summed E-state index contributed by atoms with van der Waals surface area (Å²) in [6.07, 6.45) is -4.87. The fourth-order valence-corrected chi connectivity index (χ4v) is 4.88. The monoisotopic (exact) mass is 568 g/mol. The second-order valence-electron chi connectivity index (χ2n) is 8.02. The van der Waals surface area contributed by atoms with Crippen molar-refractivity contribution >= 4 is 44.6 Å². The summed E-state index contributed by atoms with van der Waals surface area (Å²) in [5.41, 5.74) is 1.74. The third-order valence-corrected chi connectivity index (χ3v) is 7.40. The van der Waals surface area contributed by atoms with Crippen LogP contribution in [0.3, 0.4) is 0 Å². The lowest BCUT2D eigenvalue weighted by molar-refractivity contribution is -0.384. The van der Waals surface area contributed by atoms with Gasteiger partial charge in [0.15, 0.2) is 0 Å². The SMILES string of the molecule is C/C(=N/NC(=O)CN(c1ccc(Cl)c(C(F)(F)F)c1)S(=O)(=O)c1ccc(C)cc1)c1ccc([N+](=O)[O-])cc1. The number of halogens is 4. The zero-order valence-electron chi connectivity index (χ0n) is 19.9. The number of non-ortho nitro benzene ring substituents is 1. The lowest BCUT2D eigenvalue weighted by Gasteiger charge is -2.25. The summed E-state index contributed by atoms with van der Waals surface area (Å²) in [5.74, 6) is -0.953. The topological polar surface area (TPSA) is 122 Å². The Hall–Kier alpha value is -3.97. The molecule has 3 aromatic rings. The zero-order chi connectivity index (χ0) is 28.3. The summed E-state index contributed by atoms with van der Waals surface area (Å²) < 4.78 is 67.8. The van der Waals surface area contributed by atoms with Crippen LogP contribution >= 0.6 is 11.6 Å². The summed E-state index contributed by atoms with van der Waals surface area (Å²) in [6.45, 7) is 2.31. The van der Waals surface area contributed by atoms with Gasteiger partial charge in [0.1, 0.15) is 6.54 Å². The van der Waals surface area contributed by atoms with E-state index in [1.54, 1.807) is 6.92 Å². The van der Waals surface area contributed by atoms with Crippen LogP contribution in [0, 0.1) is 17.0 Å². The van der Waals surface area contributed by atoms with Crippen LogP contribution in [0.5, 0.6) is 0 Å². The van der Waals surface area contributed by atoms with Gasteiger partial charge in [-0.15, -0.1) is 0 Å². The van der Waals surface area contributed by atoms with Crippen LogP contribution in [0.25, 0.3) is 0 Å². The molecule has 0 aromatic heterocycles. The van der Waals surface area contributed by atoms with E-state index in [-0.39, 0.29) is 16.3 Å².